The summed E-state index contributed by atoms with van der Waals surface area (Å²) < 4.78 is 12.5. The Labute approximate surface area is 188 Å². The van der Waals surface area contributed by atoms with Crippen LogP contribution in [0.25, 0.3) is 11.6 Å². The van der Waals surface area contributed by atoms with Gasteiger partial charge in [0.1, 0.15) is 6.61 Å². The van der Waals surface area contributed by atoms with Crippen molar-refractivity contribution < 1.29 is 14.4 Å². The standard InChI is InChI=1S/C24H19BrN2O4/c1-2-30-23-14-18(12-20(15-26)19-8-10-21(11-9-19)27(28)29)13-22(25)24(23)31-16-17-6-4-3-5-7-17/h3-14H,2,16H2,1H3/b20-12-. The Kier molecular flexibility index (Phi) is 7.41. The van der Waals surface area contributed by atoms with Crippen LogP contribution in [0.2, 0.25) is 0 Å². The minimum Gasteiger partial charge on any atom is -0.490 e. The molecule has 0 N–H and O–H groups in total. The molecule has 0 saturated heterocycles. The van der Waals surface area contributed by atoms with E-state index in [9.17, 15) is 15.4 Å². The Morgan fingerprint density at radius 1 is 1.13 bits per heavy atom. The van der Waals surface area contributed by atoms with Crippen molar-refractivity contribution >= 4 is 33.3 Å². The molecule has 0 spiro atoms. The largest absolute Gasteiger partial charge is 0.490 e. The molecule has 0 aliphatic rings. The number of nitrogens with zero attached hydrogens (tertiary/aromatic N) is 2. The van der Waals surface area contributed by atoms with Gasteiger partial charge in [-0.1, -0.05) is 30.3 Å². The van der Waals surface area contributed by atoms with Crippen molar-refractivity contribution in [2.45, 2.75) is 13.5 Å². The van der Waals surface area contributed by atoms with E-state index >= 15 is 0 Å². The molecule has 0 unspecified atom stereocenters. The summed E-state index contributed by atoms with van der Waals surface area (Å²) >= 11 is 3.54. The van der Waals surface area contributed by atoms with E-state index < -0.39 is 4.92 Å². The zero-order valence-electron chi connectivity index (χ0n) is 16.7. The molecule has 0 saturated carbocycles. The number of nitro benzene ring substituents is 1. The maximum atomic E-state index is 10.8. The lowest BCUT2D eigenvalue weighted by atomic mass is 10.0. The first-order valence-corrected chi connectivity index (χ1v) is 10.3. The Hall–Kier alpha value is -3.63. The normalized spacial score (nSPS) is 10.9. The number of ether oxygens (including phenoxy) is 2. The molecule has 0 fully saturated rings. The molecule has 3 rings (SSSR count). The first-order valence-electron chi connectivity index (χ1n) is 9.51. The quantitative estimate of drug-likeness (QED) is 0.162. The van der Waals surface area contributed by atoms with E-state index in [4.69, 9.17) is 9.47 Å². The van der Waals surface area contributed by atoms with Crippen LogP contribution in [0.3, 0.4) is 0 Å². The van der Waals surface area contributed by atoms with Crippen LogP contribution < -0.4 is 9.47 Å². The van der Waals surface area contributed by atoms with Crippen LogP contribution in [-0.4, -0.2) is 11.5 Å². The van der Waals surface area contributed by atoms with E-state index in [1.54, 1.807) is 24.3 Å². The Balaban J connectivity index is 1.91. The van der Waals surface area contributed by atoms with E-state index in [0.29, 0.717) is 40.3 Å². The number of allylic oxidation sites excluding steroid dienone is 1. The molecule has 156 valence electrons. The van der Waals surface area contributed by atoms with Gasteiger partial charge >= 0.3 is 0 Å². The molecule has 0 amide bonds. The number of halogens is 1. The molecule has 6 nitrogen and oxygen atoms in total. The van der Waals surface area contributed by atoms with Crippen LogP contribution in [-0.2, 0) is 6.61 Å². The minimum atomic E-state index is -0.473. The topological polar surface area (TPSA) is 85.4 Å². The average molecular weight is 479 g/mol. The molecule has 0 heterocycles. The Morgan fingerprint density at radius 2 is 1.84 bits per heavy atom. The van der Waals surface area contributed by atoms with Gasteiger partial charge in [-0.05, 0) is 69.9 Å². The van der Waals surface area contributed by atoms with Gasteiger partial charge in [0.05, 0.1) is 27.6 Å². The molecular formula is C24H19BrN2O4. The average Bonchev–Trinajstić information content (AvgIpc) is 2.78. The summed E-state index contributed by atoms with van der Waals surface area (Å²) in [5.74, 6) is 1.14. The summed E-state index contributed by atoms with van der Waals surface area (Å²) in [6.45, 7) is 2.73. The molecule has 0 aliphatic carbocycles. The van der Waals surface area contributed by atoms with Crippen LogP contribution in [0.1, 0.15) is 23.6 Å². The van der Waals surface area contributed by atoms with Gasteiger partial charge in [0.2, 0.25) is 0 Å². The van der Waals surface area contributed by atoms with Crippen molar-refractivity contribution in [2.24, 2.45) is 0 Å². The van der Waals surface area contributed by atoms with Crippen molar-refractivity contribution in [3.8, 4) is 17.6 Å². The SMILES string of the molecule is CCOc1cc(/C=C(/C#N)c2ccc([N+](=O)[O-])cc2)cc(Br)c1OCc1ccccc1. The summed E-state index contributed by atoms with van der Waals surface area (Å²) in [6.07, 6.45) is 1.70. The third kappa shape index (κ3) is 5.71. The van der Waals surface area contributed by atoms with Crippen molar-refractivity contribution in [3.05, 3.63) is 98.0 Å². The second-order valence-corrected chi connectivity index (χ2v) is 7.37. The van der Waals surface area contributed by atoms with Gasteiger partial charge in [-0.25, -0.2) is 0 Å². The zero-order chi connectivity index (χ0) is 22.2. The van der Waals surface area contributed by atoms with E-state index in [2.05, 4.69) is 22.0 Å². The predicted octanol–water partition coefficient (Wildman–Crippen LogP) is 6.40. The van der Waals surface area contributed by atoms with Gasteiger partial charge in [-0.15, -0.1) is 0 Å². The number of nitro groups is 1. The van der Waals surface area contributed by atoms with Crippen LogP contribution >= 0.6 is 15.9 Å². The summed E-state index contributed by atoms with van der Waals surface area (Å²) in [6, 6.07) is 21.5. The maximum absolute atomic E-state index is 10.8. The fourth-order valence-electron chi connectivity index (χ4n) is 2.91. The van der Waals surface area contributed by atoms with Gasteiger partial charge in [0.25, 0.3) is 5.69 Å². The number of hydrogen-bond donors (Lipinski definition) is 0. The molecule has 0 atom stereocenters. The Bertz CT molecular complexity index is 1140. The summed E-state index contributed by atoms with van der Waals surface area (Å²) in [5, 5.41) is 20.5. The van der Waals surface area contributed by atoms with Gasteiger partial charge in [-0.2, -0.15) is 5.26 Å². The Morgan fingerprint density at radius 3 is 2.45 bits per heavy atom. The summed E-state index contributed by atoms with van der Waals surface area (Å²) in [7, 11) is 0. The zero-order valence-corrected chi connectivity index (χ0v) is 18.3. The molecule has 0 bridgehead atoms. The van der Waals surface area contributed by atoms with E-state index in [1.807, 2.05) is 43.3 Å². The monoisotopic (exact) mass is 478 g/mol. The lowest BCUT2D eigenvalue weighted by molar-refractivity contribution is -0.384. The van der Waals surface area contributed by atoms with Crippen molar-refractivity contribution in [3.63, 3.8) is 0 Å². The molecule has 31 heavy (non-hydrogen) atoms. The van der Waals surface area contributed by atoms with Gasteiger partial charge < -0.3 is 9.47 Å². The highest BCUT2D eigenvalue weighted by Crippen LogP contribution is 2.38. The fourth-order valence-corrected chi connectivity index (χ4v) is 3.49. The summed E-state index contributed by atoms with van der Waals surface area (Å²) in [4.78, 5) is 10.4. The highest BCUT2D eigenvalue weighted by molar-refractivity contribution is 9.10. The van der Waals surface area contributed by atoms with E-state index in [0.717, 1.165) is 11.1 Å². The third-order valence-corrected chi connectivity index (χ3v) is 4.97. The lowest BCUT2D eigenvalue weighted by Crippen LogP contribution is -2.01. The highest BCUT2D eigenvalue weighted by Gasteiger charge is 2.13. The smallest absolute Gasteiger partial charge is 0.269 e. The first kappa shape index (κ1) is 22.1. The second kappa shape index (κ2) is 10.4. The highest BCUT2D eigenvalue weighted by atomic mass is 79.9. The number of rotatable bonds is 8. The molecule has 0 aliphatic heterocycles. The molecule has 3 aromatic carbocycles. The molecular weight excluding hydrogens is 460 g/mol. The van der Waals surface area contributed by atoms with Crippen molar-refractivity contribution in [2.75, 3.05) is 6.61 Å². The number of non-ortho nitro benzene ring substituents is 1. The third-order valence-electron chi connectivity index (χ3n) is 4.38. The molecule has 0 radical (unpaired) electrons. The lowest BCUT2D eigenvalue weighted by Gasteiger charge is -2.15. The molecule has 7 heteroatoms. The minimum absolute atomic E-state index is 0.0256. The first-order chi connectivity index (χ1) is 15.0. The van der Waals surface area contributed by atoms with E-state index in [-0.39, 0.29) is 5.69 Å². The van der Waals surface area contributed by atoms with Crippen LogP contribution in [0.15, 0.2) is 71.2 Å². The van der Waals surface area contributed by atoms with Crippen LogP contribution in [0.5, 0.6) is 11.5 Å². The van der Waals surface area contributed by atoms with Crippen LogP contribution in [0.4, 0.5) is 5.69 Å². The molecule has 0 aromatic heterocycles. The van der Waals surface area contributed by atoms with Crippen molar-refractivity contribution in [1.29, 1.82) is 5.26 Å². The van der Waals surface area contributed by atoms with Gasteiger partial charge in [0, 0.05) is 12.1 Å². The van der Waals surface area contributed by atoms with Gasteiger partial charge in [-0.3, -0.25) is 10.1 Å². The molecule has 3 aromatic rings. The number of benzene rings is 3. The summed E-state index contributed by atoms with van der Waals surface area (Å²) in [5.41, 5.74) is 2.71. The van der Waals surface area contributed by atoms with E-state index in [1.165, 1.54) is 12.1 Å². The van der Waals surface area contributed by atoms with Gasteiger partial charge in [0.15, 0.2) is 11.5 Å². The van der Waals surface area contributed by atoms with Crippen molar-refractivity contribution in [1.82, 2.24) is 0 Å². The second-order valence-electron chi connectivity index (χ2n) is 6.51. The van der Waals surface area contributed by atoms with Crippen LogP contribution in [0, 0.1) is 21.4 Å². The number of nitriles is 1. The predicted molar refractivity (Wildman–Crippen MR) is 123 cm³/mol. The maximum Gasteiger partial charge on any atom is 0.269 e. The fraction of sp³-hybridized carbons (Fsp3) is 0.125. The number of hydrogen-bond acceptors (Lipinski definition) is 5.